The normalized spacial score (nSPS) is 19.4. The highest BCUT2D eigenvalue weighted by Crippen LogP contribution is 2.31. The number of benzene rings is 1. The number of nitrogens with one attached hydrogen (secondary N) is 1. The van der Waals surface area contributed by atoms with E-state index in [1.54, 1.807) is 0 Å². The molecule has 0 unspecified atom stereocenters. The number of fused-ring (bicyclic) bond motifs is 1. The van der Waals surface area contributed by atoms with Crippen LogP contribution in [-0.4, -0.2) is 6.54 Å². The maximum atomic E-state index is 5.96. The molecule has 1 nitrogen and oxygen atoms in total. The van der Waals surface area contributed by atoms with Gasteiger partial charge in [0, 0.05) is 17.3 Å². The van der Waals surface area contributed by atoms with Crippen LogP contribution in [0.25, 0.3) is 0 Å². The molecule has 1 heterocycles. The fourth-order valence-electron chi connectivity index (χ4n) is 1.83. The zero-order chi connectivity index (χ0) is 10.2. The van der Waals surface area contributed by atoms with Gasteiger partial charge in [0.1, 0.15) is 0 Å². The van der Waals surface area contributed by atoms with E-state index < -0.39 is 0 Å². The molecular weight excluding hydrogens is 194 g/mol. The lowest BCUT2D eigenvalue weighted by Gasteiger charge is -2.21. The molecular formula is C12H16ClN. The molecule has 2 rings (SSSR count). The first-order valence-electron chi connectivity index (χ1n) is 5.09. The Bertz CT molecular complexity index is 344. The average molecular weight is 210 g/mol. The molecule has 0 radical (unpaired) electrons. The summed E-state index contributed by atoms with van der Waals surface area (Å²) in [4.78, 5) is 0. The topological polar surface area (TPSA) is 12.0 Å². The van der Waals surface area contributed by atoms with E-state index in [-0.39, 0.29) is 0 Å². The van der Waals surface area contributed by atoms with Crippen LogP contribution in [0.4, 0.5) is 5.69 Å². The van der Waals surface area contributed by atoms with Crippen LogP contribution in [-0.2, 0) is 6.42 Å². The van der Waals surface area contributed by atoms with Gasteiger partial charge in [-0.05, 0) is 36.0 Å². The van der Waals surface area contributed by atoms with E-state index in [2.05, 4.69) is 25.2 Å². The van der Waals surface area contributed by atoms with Crippen molar-refractivity contribution in [1.82, 2.24) is 0 Å². The molecule has 1 aromatic rings. The van der Waals surface area contributed by atoms with E-state index in [1.165, 1.54) is 17.7 Å². The largest absolute Gasteiger partial charge is 0.384 e. The molecule has 0 bridgehead atoms. The van der Waals surface area contributed by atoms with Crippen LogP contribution in [0.3, 0.4) is 0 Å². The van der Waals surface area contributed by atoms with Crippen molar-refractivity contribution in [2.24, 2.45) is 5.41 Å². The predicted octanol–water partition coefficient (Wildman–Crippen LogP) is 3.72. The van der Waals surface area contributed by atoms with Gasteiger partial charge in [-0.2, -0.15) is 0 Å². The van der Waals surface area contributed by atoms with Gasteiger partial charge in [0.15, 0.2) is 0 Å². The lowest BCUT2D eigenvalue weighted by atomic mass is 9.88. The first kappa shape index (κ1) is 9.85. The first-order chi connectivity index (χ1) is 6.57. The Morgan fingerprint density at radius 2 is 2.14 bits per heavy atom. The Hall–Kier alpha value is -0.690. The second-order valence-electron chi connectivity index (χ2n) is 4.82. The minimum Gasteiger partial charge on any atom is -0.384 e. The SMILES string of the molecule is CC1(C)CCc2ccc(Cl)cc2NC1. The van der Waals surface area contributed by atoms with Crippen molar-refractivity contribution in [3.63, 3.8) is 0 Å². The molecule has 0 spiro atoms. The third-order valence-electron chi connectivity index (χ3n) is 2.90. The predicted molar refractivity (Wildman–Crippen MR) is 62.0 cm³/mol. The number of halogens is 1. The third-order valence-corrected chi connectivity index (χ3v) is 3.14. The summed E-state index contributed by atoms with van der Waals surface area (Å²) >= 11 is 5.96. The maximum absolute atomic E-state index is 5.96. The Morgan fingerprint density at radius 3 is 2.93 bits per heavy atom. The zero-order valence-electron chi connectivity index (χ0n) is 8.73. The number of hydrogen-bond donors (Lipinski definition) is 1. The Kier molecular flexibility index (Phi) is 2.44. The van der Waals surface area contributed by atoms with E-state index in [0.717, 1.165) is 18.0 Å². The van der Waals surface area contributed by atoms with Crippen molar-refractivity contribution < 1.29 is 0 Å². The molecule has 14 heavy (non-hydrogen) atoms. The van der Waals surface area contributed by atoms with Crippen molar-refractivity contribution in [3.05, 3.63) is 28.8 Å². The minimum atomic E-state index is 0.380. The molecule has 0 amide bonds. The van der Waals surface area contributed by atoms with Gasteiger partial charge in [0.25, 0.3) is 0 Å². The molecule has 0 saturated carbocycles. The van der Waals surface area contributed by atoms with Gasteiger partial charge in [-0.1, -0.05) is 31.5 Å². The number of rotatable bonds is 0. The van der Waals surface area contributed by atoms with Crippen molar-refractivity contribution in [1.29, 1.82) is 0 Å². The Labute approximate surface area is 90.5 Å². The summed E-state index contributed by atoms with van der Waals surface area (Å²) in [7, 11) is 0. The van der Waals surface area contributed by atoms with Crippen molar-refractivity contribution in [2.45, 2.75) is 26.7 Å². The standard InChI is InChI=1S/C12H16ClN/c1-12(2)6-5-9-3-4-10(13)7-11(9)14-8-12/h3-4,7,14H,5-6,8H2,1-2H3. The summed E-state index contributed by atoms with van der Waals surface area (Å²) in [6.45, 7) is 5.63. The van der Waals surface area contributed by atoms with Gasteiger partial charge in [-0.25, -0.2) is 0 Å². The summed E-state index contributed by atoms with van der Waals surface area (Å²) in [6.07, 6.45) is 2.38. The van der Waals surface area contributed by atoms with E-state index >= 15 is 0 Å². The number of hydrogen-bond acceptors (Lipinski definition) is 1. The molecule has 0 fully saturated rings. The lowest BCUT2D eigenvalue weighted by molar-refractivity contribution is 0.365. The van der Waals surface area contributed by atoms with Gasteiger partial charge in [-0.3, -0.25) is 0 Å². The van der Waals surface area contributed by atoms with E-state index in [9.17, 15) is 0 Å². The van der Waals surface area contributed by atoms with Crippen LogP contribution in [0.5, 0.6) is 0 Å². The Balaban J connectivity index is 2.30. The average Bonchev–Trinajstić information content (AvgIpc) is 2.26. The summed E-state index contributed by atoms with van der Waals surface area (Å²) in [6, 6.07) is 6.13. The monoisotopic (exact) mass is 209 g/mol. The number of aryl methyl sites for hydroxylation is 1. The molecule has 1 N–H and O–H groups in total. The fourth-order valence-corrected chi connectivity index (χ4v) is 2.00. The second-order valence-corrected chi connectivity index (χ2v) is 5.26. The zero-order valence-corrected chi connectivity index (χ0v) is 9.49. The molecule has 76 valence electrons. The van der Waals surface area contributed by atoms with Gasteiger partial charge < -0.3 is 5.32 Å². The molecule has 1 aromatic carbocycles. The minimum absolute atomic E-state index is 0.380. The molecule has 0 atom stereocenters. The third kappa shape index (κ3) is 2.03. The highest BCUT2D eigenvalue weighted by Gasteiger charge is 2.21. The fraction of sp³-hybridized carbons (Fsp3) is 0.500. The second kappa shape index (κ2) is 3.47. The first-order valence-corrected chi connectivity index (χ1v) is 5.47. The highest BCUT2D eigenvalue weighted by molar-refractivity contribution is 6.30. The summed E-state index contributed by atoms with van der Waals surface area (Å²) < 4.78 is 0. The molecule has 2 heteroatoms. The molecule has 0 aromatic heterocycles. The van der Waals surface area contributed by atoms with Crippen molar-refractivity contribution in [2.75, 3.05) is 11.9 Å². The number of anilines is 1. The van der Waals surface area contributed by atoms with Gasteiger partial charge in [0.05, 0.1) is 0 Å². The lowest BCUT2D eigenvalue weighted by Crippen LogP contribution is -2.21. The summed E-state index contributed by atoms with van der Waals surface area (Å²) in [5, 5.41) is 4.29. The maximum Gasteiger partial charge on any atom is 0.0426 e. The van der Waals surface area contributed by atoms with E-state index in [0.29, 0.717) is 5.41 Å². The van der Waals surface area contributed by atoms with Gasteiger partial charge in [-0.15, -0.1) is 0 Å². The van der Waals surface area contributed by atoms with Crippen LogP contribution in [0.2, 0.25) is 5.02 Å². The van der Waals surface area contributed by atoms with Crippen LogP contribution < -0.4 is 5.32 Å². The van der Waals surface area contributed by atoms with Crippen LogP contribution in [0.15, 0.2) is 18.2 Å². The Morgan fingerprint density at radius 1 is 1.36 bits per heavy atom. The molecule has 0 aliphatic carbocycles. The van der Waals surface area contributed by atoms with E-state index in [1.807, 2.05) is 12.1 Å². The quantitative estimate of drug-likeness (QED) is 0.687. The molecule has 1 aliphatic heterocycles. The van der Waals surface area contributed by atoms with E-state index in [4.69, 9.17) is 11.6 Å². The van der Waals surface area contributed by atoms with Crippen LogP contribution in [0, 0.1) is 5.41 Å². The summed E-state index contributed by atoms with van der Waals surface area (Å²) in [5.74, 6) is 0. The van der Waals surface area contributed by atoms with Gasteiger partial charge >= 0.3 is 0 Å². The molecule has 1 aliphatic rings. The van der Waals surface area contributed by atoms with Crippen molar-refractivity contribution >= 4 is 17.3 Å². The van der Waals surface area contributed by atoms with Gasteiger partial charge in [0.2, 0.25) is 0 Å². The summed E-state index contributed by atoms with van der Waals surface area (Å²) in [5.41, 5.74) is 2.98. The smallest absolute Gasteiger partial charge is 0.0426 e. The highest BCUT2D eigenvalue weighted by atomic mass is 35.5. The van der Waals surface area contributed by atoms with Crippen molar-refractivity contribution in [3.8, 4) is 0 Å². The van der Waals surface area contributed by atoms with Crippen LogP contribution in [0.1, 0.15) is 25.8 Å². The molecule has 0 saturated heterocycles. The van der Waals surface area contributed by atoms with Crippen LogP contribution >= 0.6 is 11.6 Å².